The number of unbranched alkanes of at least 4 members (excludes halogenated alkanes) is 1. The Bertz CT molecular complexity index is 696. The Morgan fingerprint density at radius 2 is 1.87 bits per heavy atom. The van der Waals surface area contributed by atoms with E-state index >= 15 is 0 Å². The van der Waals surface area contributed by atoms with Crippen LogP contribution in [-0.4, -0.2) is 29.0 Å². The van der Waals surface area contributed by atoms with Crippen LogP contribution < -0.4 is 4.90 Å². The lowest BCUT2D eigenvalue weighted by molar-refractivity contribution is 0.0696. The van der Waals surface area contributed by atoms with Gasteiger partial charge in [-0.2, -0.15) is 0 Å². The van der Waals surface area contributed by atoms with Gasteiger partial charge >= 0.3 is 5.97 Å². The van der Waals surface area contributed by atoms with Gasteiger partial charge < -0.3 is 10.0 Å². The normalized spacial score (nSPS) is 10.3. The average Bonchev–Trinajstić information content (AvgIpc) is 2.59. The molecule has 0 bridgehead atoms. The third-order valence-electron chi connectivity index (χ3n) is 3.67. The summed E-state index contributed by atoms with van der Waals surface area (Å²) in [5, 5.41) is 9.00. The van der Waals surface area contributed by atoms with Gasteiger partial charge in [0.15, 0.2) is 0 Å². The SMILES string of the molecule is CCCCc1ccc(N(C)C(=O)c2cc(C(=O)O)ccn2)cc1. The Balaban J connectivity index is 2.16. The van der Waals surface area contributed by atoms with Crippen molar-refractivity contribution in [2.24, 2.45) is 0 Å². The molecule has 0 unspecified atom stereocenters. The molecule has 0 atom stereocenters. The van der Waals surface area contributed by atoms with Crippen molar-refractivity contribution in [3.8, 4) is 0 Å². The molecular weight excluding hydrogens is 292 g/mol. The maximum atomic E-state index is 12.4. The van der Waals surface area contributed by atoms with Crippen molar-refractivity contribution in [2.45, 2.75) is 26.2 Å². The number of aryl methyl sites for hydroxylation is 1. The number of pyridine rings is 1. The largest absolute Gasteiger partial charge is 0.478 e. The highest BCUT2D eigenvalue weighted by Gasteiger charge is 2.16. The molecule has 2 rings (SSSR count). The Labute approximate surface area is 135 Å². The van der Waals surface area contributed by atoms with E-state index in [0.717, 1.165) is 24.9 Å². The second-order valence-corrected chi connectivity index (χ2v) is 5.37. The lowest BCUT2D eigenvalue weighted by Gasteiger charge is -2.17. The number of rotatable bonds is 6. The smallest absolute Gasteiger partial charge is 0.335 e. The minimum atomic E-state index is -1.08. The molecule has 1 amide bonds. The summed E-state index contributed by atoms with van der Waals surface area (Å²) in [5.41, 5.74) is 2.15. The Morgan fingerprint density at radius 1 is 1.17 bits per heavy atom. The van der Waals surface area contributed by atoms with E-state index in [9.17, 15) is 9.59 Å². The first-order valence-electron chi connectivity index (χ1n) is 7.59. The van der Waals surface area contributed by atoms with Crippen molar-refractivity contribution >= 4 is 17.6 Å². The minimum Gasteiger partial charge on any atom is -0.478 e. The van der Waals surface area contributed by atoms with Gasteiger partial charge in [0.2, 0.25) is 0 Å². The summed E-state index contributed by atoms with van der Waals surface area (Å²) in [6.07, 6.45) is 4.64. The molecule has 2 aromatic rings. The van der Waals surface area contributed by atoms with Crippen molar-refractivity contribution in [1.29, 1.82) is 0 Å². The van der Waals surface area contributed by atoms with Crippen molar-refractivity contribution < 1.29 is 14.7 Å². The van der Waals surface area contributed by atoms with Gasteiger partial charge in [0, 0.05) is 18.9 Å². The number of carboxylic acid groups (broad SMARTS) is 1. The summed E-state index contributed by atoms with van der Waals surface area (Å²) in [6.45, 7) is 2.15. The Morgan fingerprint density at radius 3 is 2.48 bits per heavy atom. The van der Waals surface area contributed by atoms with Crippen molar-refractivity contribution in [3.63, 3.8) is 0 Å². The molecule has 0 fully saturated rings. The molecule has 0 aliphatic rings. The van der Waals surface area contributed by atoms with Gasteiger partial charge in [0.1, 0.15) is 5.69 Å². The van der Waals surface area contributed by atoms with Crippen LogP contribution in [-0.2, 0) is 6.42 Å². The van der Waals surface area contributed by atoms with Crippen LogP contribution in [0.4, 0.5) is 5.69 Å². The van der Waals surface area contributed by atoms with Crippen LogP contribution in [0, 0.1) is 0 Å². The van der Waals surface area contributed by atoms with Crippen LogP contribution in [0.5, 0.6) is 0 Å². The number of aromatic carboxylic acids is 1. The van der Waals surface area contributed by atoms with Crippen LogP contribution in [0.15, 0.2) is 42.6 Å². The first-order chi connectivity index (χ1) is 11.0. The number of carbonyl (C=O) groups is 2. The zero-order valence-electron chi connectivity index (χ0n) is 13.3. The summed E-state index contributed by atoms with van der Waals surface area (Å²) in [6, 6.07) is 10.5. The molecule has 1 aromatic carbocycles. The van der Waals surface area contributed by atoms with Gasteiger partial charge in [-0.1, -0.05) is 25.5 Å². The summed E-state index contributed by atoms with van der Waals surface area (Å²) >= 11 is 0. The molecule has 0 spiro atoms. The number of nitrogens with zero attached hydrogens (tertiary/aromatic N) is 2. The molecule has 1 N–H and O–H groups in total. The lowest BCUT2D eigenvalue weighted by atomic mass is 10.1. The number of carboxylic acids is 1. The molecule has 0 aliphatic carbocycles. The van der Waals surface area contributed by atoms with Crippen LogP contribution in [0.25, 0.3) is 0 Å². The lowest BCUT2D eigenvalue weighted by Crippen LogP contribution is -2.27. The fourth-order valence-electron chi connectivity index (χ4n) is 2.24. The van der Waals surface area contributed by atoms with E-state index in [2.05, 4.69) is 11.9 Å². The summed E-state index contributed by atoms with van der Waals surface area (Å²) in [7, 11) is 1.65. The third kappa shape index (κ3) is 4.16. The van der Waals surface area contributed by atoms with Crippen LogP contribution >= 0.6 is 0 Å². The van der Waals surface area contributed by atoms with E-state index in [1.807, 2.05) is 24.3 Å². The first kappa shape index (κ1) is 16.7. The zero-order chi connectivity index (χ0) is 16.8. The third-order valence-corrected chi connectivity index (χ3v) is 3.67. The van der Waals surface area contributed by atoms with E-state index in [4.69, 9.17) is 5.11 Å². The van der Waals surface area contributed by atoms with Crippen LogP contribution in [0.3, 0.4) is 0 Å². The summed E-state index contributed by atoms with van der Waals surface area (Å²) in [5.74, 6) is -1.42. The highest BCUT2D eigenvalue weighted by atomic mass is 16.4. The molecule has 0 aliphatic heterocycles. The number of hydrogen-bond donors (Lipinski definition) is 1. The molecule has 0 saturated heterocycles. The highest BCUT2D eigenvalue weighted by Crippen LogP contribution is 2.17. The summed E-state index contributed by atoms with van der Waals surface area (Å²) < 4.78 is 0. The van der Waals surface area contributed by atoms with Crippen molar-refractivity contribution in [1.82, 2.24) is 4.98 Å². The molecule has 1 heterocycles. The number of benzene rings is 1. The first-order valence-corrected chi connectivity index (χ1v) is 7.59. The fourth-order valence-corrected chi connectivity index (χ4v) is 2.24. The van der Waals surface area contributed by atoms with Gasteiger partial charge in [0.05, 0.1) is 5.56 Å². The van der Waals surface area contributed by atoms with E-state index in [-0.39, 0.29) is 17.2 Å². The molecule has 120 valence electrons. The second-order valence-electron chi connectivity index (χ2n) is 5.37. The van der Waals surface area contributed by atoms with Gasteiger partial charge in [-0.15, -0.1) is 0 Å². The molecular formula is C18H20N2O3. The molecule has 5 heteroatoms. The standard InChI is InChI=1S/C18H20N2O3/c1-3-4-5-13-6-8-15(9-7-13)20(2)17(21)16-12-14(18(22)23)10-11-19-16/h6-12H,3-5H2,1-2H3,(H,22,23). The zero-order valence-corrected chi connectivity index (χ0v) is 13.3. The van der Waals surface area contributed by atoms with E-state index in [0.29, 0.717) is 0 Å². The van der Waals surface area contributed by atoms with E-state index < -0.39 is 5.97 Å². The molecule has 1 aromatic heterocycles. The van der Waals surface area contributed by atoms with E-state index in [1.54, 1.807) is 7.05 Å². The second kappa shape index (κ2) is 7.54. The maximum absolute atomic E-state index is 12.4. The predicted molar refractivity (Wildman–Crippen MR) is 89.0 cm³/mol. The van der Waals surface area contributed by atoms with E-state index in [1.165, 1.54) is 28.8 Å². The number of aromatic nitrogens is 1. The van der Waals surface area contributed by atoms with Crippen LogP contribution in [0.2, 0.25) is 0 Å². The molecule has 23 heavy (non-hydrogen) atoms. The number of anilines is 1. The average molecular weight is 312 g/mol. The molecule has 5 nitrogen and oxygen atoms in total. The summed E-state index contributed by atoms with van der Waals surface area (Å²) in [4.78, 5) is 28.9. The molecule has 0 radical (unpaired) electrons. The van der Waals surface area contributed by atoms with Crippen molar-refractivity contribution in [2.75, 3.05) is 11.9 Å². The monoisotopic (exact) mass is 312 g/mol. The van der Waals surface area contributed by atoms with Gasteiger partial charge in [-0.3, -0.25) is 9.78 Å². The number of amides is 1. The van der Waals surface area contributed by atoms with Gasteiger partial charge in [-0.05, 0) is 42.7 Å². The fraction of sp³-hybridized carbons (Fsp3) is 0.278. The quantitative estimate of drug-likeness (QED) is 0.887. The Hall–Kier alpha value is -2.69. The molecule has 0 saturated carbocycles. The highest BCUT2D eigenvalue weighted by molar-refractivity contribution is 6.05. The van der Waals surface area contributed by atoms with Crippen molar-refractivity contribution in [3.05, 3.63) is 59.4 Å². The number of carbonyl (C=O) groups excluding carboxylic acids is 1. The maximum Gasteiger partial charge on any atom is 0.335 e. The van der Waals surface area contributed by atoms with Gasteiger partial charge in [-0.25, -0.2) is 4.79 Å². The Kier molecular flexibility index (Phi) is 5.46. The van der Waals surface area contributed by atoms with Gasteiger partial charge in [0.25, 0.3) is 5.91 Å². The topological polar surface area (TPSA) is 70.5 Å². The predicted octanol–water partition coefficient (Wildman–Crippen LogP) is 3.40. The number of hydrogen-bond acceptors (Lipinski definition) is 3. The minimum absolute atomic E-state index is 0.0478. The van der Waals surface area contributed by atoms with Crippen LogP contribution in [0.1, 0.15) is 46.2 Å².